The predicted molar refractivity (Wildman–Crippen MR) is 138 cm³/mol. The predicted octanol–water partition coefficient (Wildman–Crippen LogP) is 5.81. The summed E-state index contributed by atoms with van der Waals surface area (Å²) in [5.41, 5.74) is 0.147. The van der Waals surface area contributed by atoms with Crippen LogP contribution in [0.15, 0.2) is 0 Å². The van der Waals surface area contributed by atoms with E-state index < -0.39 is 5.97 Å². The quantitative estimate of drug-likeness (QED) is 0.261. The van der Waals surface area contributed by atoms with E-state index in [0.717, 1.165) is 0 Å². The molecule has 0 aliphatic carbocycles. The molecule has 0 amide bonds. The van der Waals surface area contributed by atoms with Gasteiger partial charge in [-0.2, -0.15) is 0 Å². The van der Waals surface area contributed by atoms with Gasteiger partial charge in [0, 0.05) is 0 Å². The van der Waals surface area contributed by atoms with Crippen molar-refractivity contribution >= 4 is 16.7 Å². The van der Waals surface area contributed by atoms with Crippen molar-refractivity contribution in [2.45, 2.75) is 55.4 Å². The second kappa shape index (κ2) is 14.4. The standard InChI is InChI=1S/C27H40O9/c1-9-29-20-17-18(22(31-11-3)26(35-15-7)25(20)34-14-6)21(30-10-2)24(33-13-5)23(32-12-4)19(17)27(28)36-16-8/h9-16H2,1-8H3. The van der Waals surface area contributed by atoms with Crippen molar-refractivity contribution in [1.82, 2.24) is 0 Å². The van der Waals surface area contributed by atoms with E-state index in [4.69, 9.17) is 37.9 Å². The highest BCUT2D eigenvalue weighted by Gasteiger charge is 2.36. The Balaban J connectivity index is 3.39. The van der Waals surface area contributed by atoms with Crippen LogP contribution in [0, 0.1) is 0 Å². The molecule has 0 unspecified atom stereocenters. The second-order valence-electron chi connectivity index (χ2n) is 7.18. The van der Waals surface area contributed by atoms with Gasteiger partial charge in [-0.3, -0.25) is 0 Å². The maximum Gasteiger partial charge on any atom is 0.342 e. The van der Waals surface area contributed by atoms with Gasteiger partial charge in [-0.25, -0.2) is 4.79 Å². The van der Waals surface area contributed by atoms with Crippen LogP contribution in [0.2, 0.25) is 0 Å². The second-order valence-corrected chi connectivity index (χ2v) is 7.18. The number of esters is 1. The monoisotopic (exact) mass is 508 g/mol. The van der Waals surface area contributed by atoms with E-state index in [0.29, 0.717) is 79.2 Å². The Kier molecular flexibility index (Phi) is 11.6. The topological polar surface area (TPSA) is 90.9 Å². The number of rotatable bonds is 16. The Hall–Kier alpha value is -3.23. The average Bonchev–Trinajstić information content (AvgIpc) is 2.85. The minimum Gasteiger partial charge on any atom is -0.489 e. The first-order chi connectivity index (χ1) is 17.5. The summed E-state index contributed by atoms with van der Waals surface area (Å²) >= 11 is 0. The normalized spacial score (nSPS) is 10.7. The molecule has 0 atom stereocenters. The third-order valence-electron chi connectivity index (χ3n) is 4.94. The fourth-order valence-electron chi connectivity index (χ4n) is 3.91. The number of benzene rings is 2. The molecule has 0 N–H and O–H groups in total. The highest BCUT2D eigenvalue weighted by atomic mass is 16.6. The molecule has 0 spiro atoms. The Morgan fingerprint density at radius 3 is 1.08 bits per heavy atom. The smallest absolute Gasteiger partial charge is 0.342 e. The van der Waals surface area contributed by atoms with Crippen LogP contribution < -0.4 is 33.2 Å². The number of hydrogen-bond acceptors (Lipinski definition) is 9. The summed E-state index contributed by atoms with van der Waals surface area (Å²) in [6.45, 7) is 17.1. The van der Waals surface area contributed by atoms with Crippen molar-refractivity contribution in [3.8, 4) is 40.2 Å². The lowest BCUT2D eigenvalue weighted by Gasteiger charge is -2.26. The minimum absolute atomic E-state index is 0.147. The zero-order valence-corrected chi connectivity index (χ0v) is 22.8. The molecule has 36 heavy (non-hydrogen) atoms. The van der Waals surface area contributed by atoms with Gasteiger partial charge in [0.2, 0.25) is 17.2 Å². The van der Waals surface area contributed by atoms with Gasteiger partial charge in [-0.15, -0.1) is 0 Å². The van der Waals surface area contributed by atoms with Crippen LogP contribution in [0.3, 0.4) is 0 Å². The van der Waals surface area contributed by atoms with Gasteiger partial charge < -0.3 is 37.9 Å². The zero-order valence-electron chi connectivity index (χ0n) is 22.8. The van der Waals surface area contributed by atoms with E-state index in [1.165, 1.54) is 0 Å². The molecule has 0 bridgehead atoms. The maximum atomic E-state index is 13.5. The van der Waals surface area contributed by atoms with Gasteiger partial charge in [0.05, 0.1) is 63.6 Å². The molecule has 2 rings (SSSR count). The minimum atomic E-state index is -0.593. The zero-order chi connectivity index (χ0) is 26.7. The summed E-state index contributed by atoms with van der Waals surface area (Å²) in [7, 11) is 0. The van der Waals surface area contributed by atoms with Gasteiger partial charge in [0.25, 0.3) is 0 Å². The van der Waals surface area contributed by atoms with Gasteiger partial charge >= 0.3 is 5.97 Å². The first-order valence-electron chi connectivity index (χ1n) is 12.8. The lowest BCUT2D eigenvalue weighted by atomic mass is 9.97. The Morgan fingerprint density at radius 1 is 0.417 bits per heavy atom. The molecule has 0 radical (unpaired) electrons. The van der Waals surface area contributed by atoms with E-state index in [1.807, 2.05) is 48.5 Å². The Labute approximate surface area is 213 Å². The lowest BCUT2D eigenvalue weighted by Crippen LogP contribution is -2.14. The van der Waals surface area contributed by atoms with Crippen LogP contribution in [-0.2, 0) is 4.74 Å². The van der Waals surface area contributed by atoms with E-state index in [-0.39, 0.29) is 30.3 Å². The van der Waals surface area contributed by atoms with Crippen molar-refractivity contribution in [1.29, 1.82) is 0 Å². The molecular weight excluding hydrogens is 468 g/mol. The van der Waals surface area contributed by atoms with Gasteiger partial charge in [-0.1, -0.05) is 0 Å². The Bertz CT molecular complexity index is 1000. The third kappa shape index (κ3) is 5.77. The molecule has 9 heteroatoms. The summed E-state index contributed by atoms with van der Waals surface area (Å²) in [4.78, 5) is 13.5. The summed E-state index contributed by atoms with van der Waals surface area (Å²) in [5, 5.41) is 0.852. The fourth-order valence-corrected chi connectivity index (χ4v) is 3.91. The van der Waals surface area contributed by atoms with Gasteiger partial charge in [-0.05, 0) is 55.4 Å². The summed E-state index contributed by atoms with van der Waals surface area (Å²) in [6.07, 6.45) is 0. The van der Waals surface area contributed by atoms with Crippen molar-refractivity contribution in [3.63, 3.8) is 0 Å². The molecule has 0 aromatic heterocycles. The molecule has 0 saturated heterocycles. The maximum absolute atomic E-state index is 13.5. The van der Waals surface area contributed by atoms with Crippen molar-refractivity contribution in [2.75, 3.05) is 52.9 Å². The molecule has 202 valence electrons. The molecule has 9 nitrogen and oxygen atoms in total. The molecule has 0 aliphatic rings. The van der Waals surface area contributed by atoms with Crippen molar-refractivity contribution in [2.24, 2.45) is 0 Å². The molecule has 2 aromatic rings. The van der Waals surface area contributed by atoms with Gasteiger partial charge in [0.15, 0.2) is 23.0 Å². The summed E-state index contributed by atoms with van der Waals surface area (Å²) in [6, 6.07) is 0. The van der Waals surface area contributed by atoms with Crippen molar-refractivity contribution in [3.05, 3.63) is 5.56 Å². The number of ether oxygens (including phenoxy) is 8. The van der Waals surface area contributed by atoms with Crippen LogP contribution in [0.5, 0.6) is 40.2 Å². The molecule has 0 aliphatic heterocycles. The van der Waals surface area contributed by atoms with Crippen molar-refractivity contribution < 1.29 is 42.7 Å². The van der Waals surface area contributed by atoms with E-state index >= 15 is 0 Å². The number of hydrogen-bond donors (Lipinski definition) is 0. The summed E-state index contributed by atoms with van der Waals surface area (Å²) < 4.78 is 48.1. The van der Waals surface area contributed by atoms with Crippen LogP contribution in [0.1, 0.15) is 65.7 Å². The SMILES string of the molecule is CCOC(=O)c1c(OCC)c(OCC)c(OCC)c2c(OCC)c(OCC)c(OCC)c(OCC)c12. The first kappa shape index (κ1) is 29.0. The number of fused-ring (bicyclic) bond motifs is 1. The molecule has 0 saturated carbocycles. The number of carbonyl (C=O) groups is 1. The molecular formula is C27H40O9. The average molecular weight is 509 g/mol. The molecule has 0 fully saturated rings. The van der Waals surface area contributed by atoms with Crippen LogP contribution in [-0.4, -0.2) is 58.8 Å². The highest BCUT2D eigenvalue weighted by molar-refractivity contribution is 6.16. The van der Waals surface area contributed by atoms with Gasteiger partial charge in [0.1, 0.15) is 5.56 Å². The molecule has 2 aromatic carbocycles. The highest BCUT2D eigenvalue weighted by Crippen LogP contribution is 2.59. The van der Waals surface area contributed by atoms with Crippen LogP contribution in [0.4, 0.5) is 0 Å². The van der Waals surface area contributed by atoms with E-state index in [1.54, 1.807) is 6.92 Å². The van der Waals surface area contributed by atoms with Crippen LogP contribution in [0.25, 0.3) is 10.8 Å². The lowest BCUT2D eigenvalue weighted by molar-refractivity contribution is 0.0523. The summed E-state index contributed by atoms with van der Waals surface area (Å²) in [5.74, 6) is 1.63. The largest absolute Gasteiger partial charge is 0.489 e. The molecule has 0 heterocycles. The Morgan fingerprint density at radius 2 is 0.722 bits per heavy atom. The first-order valence-corrected chi connectivity index (χ1v) is 12.8. The van der Waals surface area contributed by atoms with E-state index in [2.05, 4.69) is 0 Å². The van der Waals surface area contributed by atoms with E-state index in [9.17, 15) is 4.79 Å². The fraction of sp³-hybridized carbons (Fsp3) is 0.593. The van der Waals surface area contributed by atoms with Crippen LogP contribution >= 0.6 is 0 Å². The number of carbonyl (C=O) groups excluding carboxylic acids is 1. The third-order valence-corrected chi connectivity index (χ3v) is 4.94.